The molecule has 0 saturated carbocycles. The molecule has 0 aliphatic heterocycles. The van der Waals surface area contributed by atoms with Crippen molar-refractivity contribution in [2.45, 2.75) is 6.54 Å². The van der Waals surface area contributed by atoms with Crippen LogP contribution in [-0.4, -0.2) is 5.17 Å². The van der Waals surface area contributed by atoms with E-state index >= 15 is 0 Å². The van der Waals surface area contributed by atoms with Crippen LogP contribution in [0.1, 0.15) is 10.4 Å². The Kier molecular flexibility index (Phi) is 3.54. The standard InChI is InChI=1S/C12H10ClNS/c13-12(11-7-4-8-15-11)14-9-10-5-2-1-3-6-10/h1-8H,9H2. The number of benzene rings is 1. The van der Waals surface area contributed by atoms with E-state index in [1.54, 1.807) is 11.3 Å². The monoisotopic (exact) mass is 235 g/mol. The van der Waals surface area contributed by atoms with Gasteiger partial charge in [-0.1, -0.05) is 48.0 Å². The Morgan fingerprint density at radius 2 is 1.93 bits per heavy atom. The van der Waals surface area contributed by atoms with Crippen molar-refractivity contribution in [2.75, 3.05) is 0 Å². The maximum atomic E-state index is 6.06. The molecule has 2 aromatic rings. The fourth-order valence-electron chi connectivity index (χ4n) is 1.22. The Morgan fingerprint density at radius 3 is 2.60 bits per heavy atom. The normalized spacial score (nSPS) is 11.7. The first-order valence-electron chi connectivity index (χ1n) is 4.64. The smallest absolute Gasteiger partial charge is 0.141 e. The molecule has 1 heterocycles. The third-order valence-electron chi connectivity index (χ3n) is 1.97. The van der Waals surface area contributed by atoms with Crippen molar-refractivity contribution >= 4 is 28.1 Å². The fraction of sp³-hybridized carbons (Fsp3) is 0.0833. The first-order chi connectivity index (χ1) is 7.36. The van der Waals surface area contributed by atoms with E-state index in [1.165, 1.54) is 5.56 Å². The molecule has 1 aromatic heterocycles. The molecule has 0 saturated heterocycles. The van der Waals surface area contributed by atoms with Gasteiger partial charge < -0.3 is 0 Å². The molecule has 1 aromatic carbocycles. The number of hydrogen-bond donors (Lipinski definition) is 0. The third-order valence-corrected chi connectivity index (χ3v) is 3.28. The largest absolute Gasteiger partial charge is 0.267 e. The molecule has 0 bridgehead atoms. The molecular weight excluding hydrogens is 226 g/mol. The lowest BCUT2D eigenvalue weighted by molar-refractivity contribution is 1.07. The second kappa shape index (κ2) is 5.10. The van der Waals surface area contributed by atoms with Crippen LogP contribution >= 0.6 is 22.9 Å². The van der Waals surface area contributed by atoms with Gasteiger partial charge in [0, 0.05) is 0 Å². The summed E-state index contributed by atoms with van der Waals surface area (Å²) in [6, 6.07) is 14.0. The van der Waals surface area contributed by atoms with Gasteiger partial charge >= 0.3 is 0 Å². The Balaban J connectivity index is 2.06. The molecule has 0 aliphatic carbocycles. The zero-order valence-electron chi connectivity index (χ0n) is 8.06. The van der Waals surface area contributed by atoms with Gasteiger partial charge in [0.2, 0.25) is 0 Å². The second-order valence-electron chi connectivity index (χ2n) is 3.07. The highest BCUT2D eigenvalue weighted by Gasteiger charge is 1.99. The van der Waals surface area contributed by atoms with Crippen LogP contribution in [-0.2, 0) is 6.54 Å². The molecule has 0 atom stereocenters. The zero-order chi connectivity index (χ0) is 10.5. The number of nitrogens with zero attached hydrogens (tertiary/aromatic N) is 1. The third kappa shape index (κ3) is 2.91. The van der Waals surface area contributed by atoms with Gasteiger partial charge in [-0.2, -0.15) is 0 Å². The second-order valence-corrected chi connectivity index (χ2v) is 4.38. The zero-order valence-corrected chi connectivity index (χ0v) is 9.63. The van der Waals surface area contributed by atoms with Gasteiger partial charge in [0.05, 0.1) is 11.4 Å². The molecule has 0 aliphatic rings. The summed E-state index contributed by atoms with van der Waals surface area (Å²) in [5.74, 6) is 0. The van der Waals surface area contributed by atoms with E-state index in [0.29, 0.717) is 11.7 Å². The quantitative estimate of drug-likeness (QED) is 0.715. The number of thiophene rings is 1. The van der Waals surface area contributed by atoms with Crippen LogP contribution in [0.5, 0.6) is 0 Å². The van der Waals surface area contributed by atoms with Crippen LogP contribution in [0.3, 0.4) is 0 Å². The van der Waals surface area contributed by atoms with Crippen LogP contribution in [0, 0.1) is 0 Å². The van der Waals surface area contributed by atoms with Gasteiger partial charge in [-0.15, -0.1) is 11.3 Å². The molecule has 0 fully saturated rings. The van der Waals surface area contributed by atoms with E-state index in [-0.39, 0.29) is 0 Å². The summed E-state index contributed by atoms with van der Waals surface area (Å²) in [6.45, 7) is 0.636. The predicted octanol–water partition coefficient (Wildman–Crippen LogP) is 3.93. The lowest BCUT2D eigenvalue weighted by Gasteiger charge is -1.96. The minimum Gasteiger partial charge on any atom is -0.267 e. The van der Waals surface area contributed by atoms with Crippen molar-refractivity contribution in [3.8, 4) is 0 Å². The molecule has 0 N–H and O–H groups in total. The molecule has 0 unspecified atom stereocenters. The van der Waals surface area contributed by atoms with Crippen LogP contribution in [0.2, 0.25) is 0 Å². The topological polar surface area (TPSA) is 12.4 Å². The molecule has 0 amide bonds. The van der Waals surface area contributed by atoms with Crippen LogP contribution in [0.4, 0.5) is 0 Å². The van der Waals surface area contributed by atoms with Gasteiger partial charge in [0.1, 0.15) is 5.17 Å². The Labute approximate surface area is 98.1 Å². The SMILES string of the molecule is ClC(=NCc1ccccc1)c1cccs1. The highest BCUT2D eigenvalue weighted by atomic mass is 35.5. The average Bonchev–Trinajstić information content (AvgIpc) is 2.81. The summed E-state index contributed by atoms with van der Waals surface area (Å²) in [5, 5.41) is 2.59. The average molecular weight is 236 g/mol. The van der Waals surface area contributed by atoms with Gasteiger partial charge in [0.15, 0.2) is 0 Å². The minimum absolute atomic E-state index is 0.592. The van der Waals surface area contributed by atoms with Crippen molar-refractivity contribution in [1.29, 1.82) is 0 Å². The summed E-state index contributed by atoms with van der Waals surface area (Å²) < 4.78 is 0. The number of aliphatic imine (C=N–C) groups is 1. The molecule has 76 valence electrons. The lowest BCUT2D eigenvalue weighted by Crippen LogP contribution is -1.88. The predicted molar refractivity (Wildman–Crippen MR) is 66.9 cm³/mol. The van der Waals surface area contributed by atoms with E-state index in [9.17, 15) is 0 Å². The summed E-state index contributed by atoms with van der Waals surface area (Å²) in [4.78, 5) is 5.35. The Morgan fingerprint density at radius 1 is 1.13 bits per heavy atom. The van der Waals surface area contributed by atoms with Crippen molar-refractivity contribution < 1.29 is 0 Å². The summed E-state index contributed by atoms with van der Waals surface area (Å²) in [6.07, 6.45) is 0. The van der Waals surface area contributed by atoms with Crippen molar-refractivity contribution in [1.82, 2.24) is 0 Å². The molecule has 3 heteroatoms. The summed E-state index contributed by atoms with van der Waals surface area (Å²) in [7, 11) is 0. The molecular formula is C12H10ClNS. The minimum atomic E-state index is 0.592. The fourth-order valence-corrected chi connectivity index (χ4v) is 2.10. The number of halogens is 1. The van der Waals surface area contributed by atoms with Crippen LogP contribution in [0.25, 0.3) is 0 Å². The first-order valence-corrected chi connectivity index (χ1v) is 5.90. The van der Waals surface area contributed by atoms with Crippen molar-refractivity contribution in [2.24, 2.45) is 4.99 Å². The summed E-state index contributed by atoms with van der Waals surface area (Å²) >= 11 is 7.66. The van der Waals surface area contributed by atoms with Gasteiger partial charge in [-0.25, -0.2) is 0 Å². The van der Waals surface area contributed by atoms with Gasteiger partial charge in [-0.05, 0) is 17.0 Å². The van der Waals surface area contributed by atoms with E-state index in [2.05, 4.69) is 4.99 Å². The van der Waals surface area contributed by atoms with Crippen molar-refractivity contribution in [3.63, 3.8) is 0 Å². The van der Waals surface area contributed by atoms with E-state index in [4.69, 9.17) is 11.6 Å². The maximum Gasteiger partial charge on any atom is 0.141 e. The van der Waals surface area contributed by atoms with Gasteiger partial charge in [0.25, 0.3) is 0 Å². The highest BCUT2D eigenvalue weighted by molar-refractivity contribution is 7.14. The lowest BCUT2D eigenvalue weighted by atomic mass is 10.2. The van der Waals surface area contributed by atoms with E-state index in [1.807, 2.05) is 47.8 Å². The van der Waals surface area contributed by atoms with E-state index < -0.39 is 0 Å². The molecule has 15 heavy (non-hydrogen) atoms. The maximum absolute atomic E-state index is 6.06. The first kappa shape index (κ1) is 10.4. The molecule has 0 radical (unpaired) electrons. The molecule has 0 spiro atoms. The van der Waals surface area contributed by atoms with Gasteiger partial charge in [-0.3, -0.25) is 4.99 Å². The Hall–Kier alpha value is -1.12. The molecule has 1 nitrogen and oxygen atoms in total. The summed E-state index contributed by atoms with van der Waals surface area (Å²) in [5.41, 5.74) is 1.17. The Bertz CT molecular complexity index is 434. The van der Waals surface area contributed by atoms with Crippen LogP contribution < -0.4 is 0 Å². The highest BCUT2D eigenvalue weighted by Crippen LogP contribution is 2.13. The van der Waals surface area contributed by atoms with E-state index in [0.717, 1.165) is 4.88 Å². The number of hydrogen-bond acceptors (Lipinski definition) is 2. The van der Waals surface area contributed by atoms with Crippen molar-refractivity contribution in [3.05, 3.63) is 58.3 Å². The van der Waals surface area contributed by atoms with Crippen LogP contribution in [0.15, 0.2) is 52.8 Å². The molecule has 2 rings (SSSR count). The number of rotatable bonds is 3.